The van der Waals surface area contributed by atoms with Gasteiger partial charge in [0, 0.05) is 12.1 Å². The van der Waals surface area contributed by atoms with Gasteiger partial charge in [-0.1, -0.05) is 0 Å². The fraction of sp³-hybridized carbons (Fsp3) is 1.00. The van der Waals surface area contributed by atoms with Gasteiger partial charge in [-0.25, -0.2) is 0 Å². The van der Waals surface area contributed by atoms with E-state index in [2.05, 4.69) is 39.9 Å². The summed E-state index contributed by atoms with van der Waals surface area (Å²) in [6.07, 6.45) is 3.92. The molecule has 0 bridgehead atoms. The molecule has 0 radical (unpaired) electrons. The number of ether oxygens (including phenoxy) is 1. The van der Waals surface area contributed by atoms with E-state index in [0.717, 1.165) is 12.5 Å². The van der Waals surface area contributed by atoms with Gasteiger partial charge in [-0.15, -0.1) is 0 Å². The first-order valence-electron chi connectivity index (χ1n) is 6.62. The first-order valence-corrected chi connectivity index (χ1v) is 6.62. The summed E-state index contributed by atoms with van der Waals surface area (Å²) in [5.41, 5.74) is 0.971. The standard InChI is InChI=1S/C14H27NO/c1-12(2,3)15-9-11-8-14(11)6-7-16-13(4,5)10-14/h11,15H,6-10H2,1-5H3. The third-order valence-electron chi connectivity index (χ3n) is 4.11. The molecule has 1 saturated carbocycles. The van der Waals surface area contributed by atoms with Crippen molar-refractivity contribution in [1.29, 1.82) is 0 Å². The van der Waals surface area contributed by atoms with Crippen molar-refractivity contribution in [3.8, 4) is 0 Å². The molecule has 2 heteroatoms. The van der Waals surface area contributed by atoms with E-state index in [-0.39, 0.29) is 11.1 Å². The SMILES string of the molecule is CC(C)(C)NCC1CC12CCOC(C)(C)C2. The van der Waals surface area contributed by atoms with Gasteiger partial charge in [-0.3, -0.25) is 0 Å². The molecule has 1 spiro atoms. The topological polar surface area (TPSA) is 21.3 Å². The second-order valence-electron chi connectivity index (χ2n) is 7.43. The summed E-state index contributed by atoms with van der Waals surface area (Å²) in [5, 5.41) is 3.64. The zero-order valence-corrected chi connectivity index (χ0v) is 11.5. The van der Waals surface area contributed by atoms with Crippen LogP contribution in [0.3, 0.4) is 0 Å². The third kappa shape index (κ3) is 2.78. The first kappa shape index (κ1) is 12.4. The largest absolute Gasteiger partial charge is 0.376 e. The van der Waals surface area contributed by atoms with Crippen molar-refractivity contribution >= 4 is 0 Å². The molecular formula is C14H27NO. The summed E-state index contributed by atoms with van der Waals surface area (Å²) >= 11 is 0. The van der Waals surface area contributed by atoms with Gasteiger partial charge >= 0.3 is 0 Å². The normalized spacial score (nSPS) is 37.7. The van der Waals surface area contributed by atoms with Crippen LogP contribution in [0.5, 0.6) is 0 Å². The lowest BCUT2D eigenvalue weighted by Gasteiger charge is -2.37. The van der Waals surface area contributed by atoms with Gasteiger partial charge in [0.2, 0.25) is 0 Å². The Bertz CT molecular complexity index is 266. The van der Waals surface area contributed by atoms with Crippen molar-refractivity contribution in [3.63, 3.8) is 0 Å². The Labute approximate surface area is 100 Å². The van der Waals surface area contributed by atoms with E-state index in [1.807, 2.05) is 0 Å². The van der Waals surface area contributed by atoms with E-state index < -0.39 is 0 Å². The Kier molecular flexibility index (Phi) is 2.87. The molecule has 1 saturated heterocycles. The molecule has 1 aliphatic carbocycles. The number of hydrogen-bond donors (Lipinski definition) is 1. The highest BCUT2D eigenvalue weighted by molar-refractivity contribution is 5.07. The predicted molar refractivity (Wildman–Crippen MR) is 67.6 cm³/mol. The zero-order chi connectivity index (χ0) is 12.0. The second-order valence-corrected chi connectivity index (χ2v) is 7.43. The smallest absolute Gasteiger partial charge is 0.0631 e. The van der Waals surface area contributed by atoms with Crippen LogP contribution in [0.4, 0.5) is 0 Å². The molecule has 94 valence electrons. The summed E-state index contributed by atoms with van der Waals surface area (Å²) < 4.78 is 5.81. The van der Waals surface area contributed by atoms with Crippen LogP contribution in [0.1, 0.15) is 53.9 Å². The van der Waals surface area contributed by atoms with Gasteiger partial charge in [0.05, 0.1) is 5.60 Å². The van der Waals surface area contributed by atoms with Crippen molar-refractivity contribution in [1.82, 2.24) is 5.32 Å². The summed E-state index contributed by atoms with van der Waals surface area (Å²) in [6, 6.07) is 0. The van der Waals surface area contributed by atoms with E-state index in [1.165, 1.54) is 25.8 Å². The second kappa shape index (κ2) is 3.71. The molecule has 2 fully saturated rings. The minimum absolute atomic E-state index is 0.106. The van der Waals surface area contributed by atoms with Gasteiger partial charge in [0.1, 0.15) is 0 Å². The Morgan fingerprint density at radius 1 is 1.31 bits per heavy atom. The van der Waals surface area contributed by atoms with Crippen molar-refractivity contribution in [2.24, 2.45) is 11.3 Å². The fourth-order valence-electron chi connectivity index (χ4n) is 3.19. The molecule has 16 heavy (non-hydrogen) atoms. The lowest BCUT2D eigenvalue weighted by molar-refractivity contribution is -0.0821. The van der Waals surface area contributed by atoms with Gasteiger partial charge < -0.3 is 10.1 Å². The lowest BCUT2D eigenvalue weighted by Crippen LogP contribution is -2.40. The molecule has 1 aliphatic heterocycles. The average Bonchev–Trinajstić information content (AvgIpc) is 2.71. The molecular weight excluding hydrogens is 198 g/mol. The predicted octanol–water partition coefficient (Wildman–Crippen LogP) is 2.97. The third-order valence-corrected chi connectivity index (χ3v) is 4.11. The molecule has 2 aliphatic rings. The Morgan fingerprint density at radius 3 is 2.56 bits per heavy atom. The highest BCUT2D eigenvalue weighted by atomic mass is 16.5. The summed E-state index contributed by atoms with van der Waals surface area (Å²) in [4.78, 5) is 0. The molecule has 2 rings (SSSR count). The summed E-state index contributed by atoms with van der Waals surface area (Å²) in [5.74, 6) is 0.884. The monoisotopic (exact) mass is 225 g/mol. The van der Waals surface area contributed by atoms with Crippen molar-refractivity contribution in [2.75, 3.05) is 13.2 Å². The van der Waals surface area contributed by atoms with Crippen LogP contribution in [-0.2, 0) is 4.74 Å². The molecule has 0 amide bonds. The maximum Gasteiger partial charge on any atom is 0.0631 e. The maximum atomic E-state index is 5.81. The van der Waals surface area contributed by atoms with Crippen LogP contribution in [0, 0.1) is 11.3 Å². The molecule has 1 N–H and O–H groups in total. The molecule has 1 heterocycles. The van der Waals surface area contributed by atoms with Crippen LogP contribution in [0.25, 0.3) is 0 Å². The lowest BCUT2D eigenvalue weighted by atomic mass is 9.84. The number of hydrogen-bond acceptors (Lipinski definition) is 2. The minimum atomic E-state index is 0.106. The van der Waals surface area contributed by atoms with Crippen LogP contribution >= 0.6 is 0 Å². The summed E-state index contributed by atoms with van der Waals surface area (Å²) in [6.45, 7) is 13.3. The van der Waals surface area contributed by atoms with E-state index in [1.54, 1.807) is 0 Å². The summed E-state index contributed by atoms with van der Waals surface area (Å²) in [7, 11) is 0. The first-order chi connectivity index (χ1) is 7.23. The molecule has 2 nitrogen and oxygen atoms in total. The molecule has 2 unspecified atom stereocenters. The molecule has 0 aromatic carbocycles. The van der Waals surface area contributed by atoms with E-state index in [9.17, 15) is 0 Å². The van der Waals surface area contributed by atoms with Gasteiger partial charge in [0.25, 0.3) is 0 Å². The molecule has 2 atom stereocenters. The Balaban J connectivity index is 1.85. The number of nitrogens with one attached hydrogen (secondary N) is 1. The zero-order valence-electron chi connectivity index (χ0n) is 11.5. The van der Waals surface area contributed by atoms with Crippen LogP contribution in [0.2, 0.25) is 0 Å². The quantitative estimate of drug-likeness (QED) is 0.780. The highest BCUT2D eigenvalue weighted by Crippen LogP contribution is 2.61. The highest BCUT2D eigenvalue weighted by Gasteiger charge is 2.57. The van der Waals surface area contributed by atoms with E-state index >= 15 is 0 Å². The van der Waals surface area contributed by atoms with Gasteiger partial charge in [-0.2, -0.15) is 0 Å². The molecule has 0 aromatic heterocycles. The minimum Gasteiger partial charge on any atom is -0.376 e. The average molecular weight is 225 g/mol. The Morgan fingerprint density at radius 2 is 2.00 bits per heavy atom. The Hall–Kier alpha value is -0.0800. The fourth-order valence-corrected chi connectivity index (χ4v) is 3.19. The number of rotatable bonds is 2. The van der Waals surface area contributed by atoms with Gasteiger partial charge in [0.15, 0.2) is 0 Å². The van der Waals surface area contributed by atoms with Gasteiger partial charge in [-0.05, 0) is 71.8 Å². The van der Waals surface area contributed by atoms with E-state index in [4.69, 9.17) is 4.74 Å². The van der Waals surface area contributed by atoms with Crippen LogP contribution in [0.15, 0.2) is 0 Å². The van der Waals surface area contributed by atoms with Crippen molar-refractivity contribution in [3.05, 3.63) is 0 Å². The maximum absolute atomic E-state index is 5.81. The van der Waals surface area contributed by atoms with Crippen LogP contribution in [-0.4, -0.2) is 24.3 Å². The molecule has 0 aromatic rings. The van der Waals surface area contributed by atoms with Crippen molar-refractivity contribution in [2.45, 2.75) is 65.0 Å². The van der Waals surface area contributed by atoms with E-state index in [0.29, 0.717) is 5.41 Å². The van der Waals surface area contributed by atoms with Crippen molar-refractivity contribution < 1.29 is 4.74 Å². The van der Waals surface area contributed by atoms with Crippen LogP contribution < -0.4 is 5.32 Å².